The molecule has 270 valence electrons. The van der Waals surface area contributed by atoms with E-state index < -0.39 is 126 Å². The summed E-state index contributed by atoms with van der Waals surface area (Å²) in [7, 11) is -8.70. The maximum Gasteiger partial charge on any atom is 0.397 e. The normalized spacial score (nSPS) is 40.6. The molecule has 3 aliphatic heterocycles. The van der Waals surface area contributed by atoms with Crippen molar-refractivity contribution in [2.24, 2.45) is 5.92 Å². The fraction of sp³-hybridized carbons (Fsp3) is 0.957. The number of ether oxygens (including phenoxy) is 6. The van der Waals surface area contributed by atoms with E-state index in [2.05, 4.69) is 21.0 Å². The summed E-state index contributed by atoms with van der Waals surface area (Å²) in [4.78, 5) is 12.2. The predicted octanol–water partition coefficient (Wildman–Crippen LogP) is -3.11. The molecular formula is C23H40O20S3. The molecule has 0 radical (unpaired) electrons. The zero-order valence-corrected chi connectivity index (χ0v) is 27.1. The van der Waals surface area contributed by atoms with Crippen molar-refractivity contribution in [1.82, 2.24) is 0 Å². The molecule has 7 N–H and O–H groups in total. The number of carboxylic acid groups (broad SMARTS) is 1. The van der Waals surface area contributed by atoms with E-state index >= 15 is 0 Å². The second kappa shape index (κ2) is 16.7. The van der Waals surface area contributed by atoms with Crippen LogP contribution in [0.1, 0.15) is 26.2 Å². The van der Waals surface area contributed by atoms with Gasteiger partial charge in [0, 0.05) is 13.0 Å². The molecule has 46 heavy (non-hydrogen) atoms. The lowest BCUT2D eigenvalue weighted by Gasteiger charge is -2.46. The summed E-state index contributed by atoms with van der Waals surface area (Å²) >= 11 is 4.11. The van der Waals surface area contributed by atoms with Crippen LogP contribution in [0.4, 0.5) is 0 Å². The van der Waals surface area contributed by atoms with Crippen molar-refractivity contribution in [1.29, 1.82) is 0 Å². The minimum absolute atomic E-state index is 0.264. The molecule has 14 atom stereocenters. The number of thiol groups is 1. The van der Waals surface area contributed by atoms with Gasteiger partial charge in [-0.15, -0.1) is 0 Å². The van der Waals surface area contributed by atoms with E-state index in [0.717, 1.165) is 0 Å². The first kappa shape index (κ1) is 39.6. The molecule has 0 aliphatic carbocycles. The molecule has 3 fully saturated rings. The van der Waals surface area contributed by atoms with Crippen molar-refractivity contribution in [3.8, 4) is 0 Å². The third-order valence-corrected chi connectivity index (χ3v) is 8.90. The van der Waals surface area contributed by atoms with Crippen molar-refractivity contribution in [3.63, 3.8) is 0 Å². The summed E-state index contributed by atoms with van der Waals surface area (Å²) < 4.78 is 104. The van der Waals surface area contributed by atoms with Gasteiger partial charge in [-0.1, -0.05) is 6.92 Å². The summed E-state index contributed by atoms with van der Waals surface area (Å²) in [6.07, 6.45) is -19.5. The molecule has 0 saturated carbocycles. The van der Waals surface area contributed by atoms with Crippen molar-refractivity contribution in [3.05, 3.63) is 0 Å². The summed E-state index contributed by atoms with van der Waals surface area (Å²) in [5, 5.41) is 53.4. The van der Waals surface area contributed by atoms with Crippen LogP contribution >= 0.6 is 12.6 Å². The van der Waals surface area contributed by atoms with E-state index in [9.17, 15) is 47.2 Å². The van der Waals surface area contributed by atoms with E-state index in [1.807, 2.05) is 0 Å². The van der Waals surface area contributed by atoms with Crippen molar-refractivity contribution >= 4 is 39.4 Å². The Kier molecular flexibility index (Phi) is 14.4. The second-order valence-electron chi connectivity index (χ2n) is 10.9. The van der Waals surface area contributed by atoms with E-state index in [-0.39, 0.29) is 6.42 Å². The molecule has 23 heteroatoms. The van der Waals surface area contributed by atoms with Gasteiger partial charge in [0.2, 0.25) is 0 Å². The van der Waals surface area contributed by atoms with Crippen molar-refractivity contribution in [2.45, 2.75) is 106 Å². The Labute approximate surface area is 270 Å². The van der Waals surface area contributed by atoms with E-state index in [1.165, 1.54) is 14.0 Å². The van der Waals surface area contributed by atoms with E-state index in [0.29, 0.717) is 18.6 Å². The van der Waals surface area contributed by atoms with Crippen LogP contribution in [-0.4, -0.2) is 163 Å². The Morgan fingerprint density at radius 2 is 1.30 bits per heavy atom. The van der Waals surface area contributed by atoms with Crippen molar-refractivity contribution in [2.75, 3.05) is 26.1 Å². The number of aliphatic hydroxyl groups excluding tert-OH is 4. The highest BCUT2D eigenvalue weighted by molar-refractivity contribution is 7.81. The number of carboxylic acids is 1. The summed E-state index contributed by atoms with van der Waals surface area (Å²) in [5.74, 6) is -2.18. The molecule has 0 aromatic carbocycles. The highest BCUT2D eigenvalue weighted by atomic mass is 32.3. The van der Waals surface area contributed by atoms with Gasteiger partial charge in [-0.3, -0.25) is 9.11 Å². The van der Waals surface area contributed by atoms with Crippen LogP contribution in [0.15, 0.2) is 0 Å². The van der Waals surface area contributed by atoms with Crippen LogP contribution in [0, 0.1) is 5.92 Å². The second-order valence-corrected chi connectivity index (χ2v) is 13.5. The van der Waals surface area contributed by atoms with Gasteiger partial charge >= 0.3 is 26.8 Å². The van der Waals surface area contributed by atoms with Crippen LogP contribution in [0.2, 0.25) is 0 Å². The summed E-state index contributed by atoms with van der Waals surface area (Å²) in [5.41, 5.74) is 0. The molecule has 5 unspecified atom stereocenters. The smallest absolute Gasteiger partial charge is 0.397 e. The average molecular weight is 733 g/mol. The van der Waals surface area contributed by atoms with Gasteiger partial charge in [0.05, 0.1) is 25.4 Å². The first-order chi connectivity index (χ1) is 21.4. The third kappa shape index (κ3) is 10.3. The molecule has 3 heterocycles. The highest BCUT2D eigenvalue weighted by Crippen LogP contribution is 2.35. The van der Waals surface area contributed by atoms with Gasteiger partial charge in [0.25, 0.3) is 0 Å². The lowest BCUT2D eigenvalue weighted by atomic mass is 9.91. The van der Waals surface area contributed by atoms with Gasteiger partial charge in [-0.05, 0) is 25.0 Å². The molecule has 0 amide bonds. The monoisotopic (exact) mass is 732 g/mol. The largest absolute Gasteiger partial charge is 0.479 e. The number of hydrogen-bond donors (Lipinski definition) is 8. The molecule has 0 aromatic heterocycles. The Hall–Kier alpha value is -0.840. The van der Waals surface area contributed by atoms with Gasteiger partial charge < -0.3 is 54.0 Å². The van der Waals surface area contributed by atoms with Crippen LogP contribution in [-0.2, 0) is 62.4 Å². The fourth-order valence-electron chi connectivity index (χ4n) is 5.36. The number of unbranched alkanes of at least 4 members (excludes halogenated alkanes) is 1. The zero-order valence-electron chi connectivity index (χ0n) is 24.5. The van der Waals surface area contributed by atoms with Crippen LogP contribution < -0.4 is 0 Å². The van der Waals surface area contributed by atoms with E-state index in [4.69, 9.17) is 37.5 Å². The number of aliphatic carboxylic acids is 1. The molecule has 0 bridgehead atoms. The number of hydrogen-bond acceptors (Lipinski definition) is 18. The molecule has 3 aliphatic rings. The maximum absolute atomic E-state index is 12.2. The molecule has 3 rings (SSSR count). The topological polar surface area (TPSA) is 301 Å². The summed E-state index contributed by atoms with van der Waals surface area (Å²) in [6.45, 7) is -0.291. The zero-order chi connectivity index (χ0) is 34.6. The van der Waals surface area contributed by atoms with Crippen LogP contribution in [0.5, 0.6) is 0 Å². The van der Waals surface area contributed by atoms with Gasteiger partial charge in [-0.2, -0.15) is 29.5 Å². The Bertz CT molecular complexity index is 1200. The van der Waals surface area contributed by atoms with Gasteiger partial charge in [0.15, 0.2) is 18.7 Å². The Balaban J connectivity index is 1.78. The molecule has 20 nitrogen and oxygen atoms in total. The Morgan fingerprint density at radius 3 is 1.83 bits per heavy atom. The molecule has 0 aromatic rings. The highest BCUT2D eigenvalue weighted by Gasteiger charge is 2.55. The molecular weight excluding hydrogens is 692 g/mol. The minimum Gasteiger partial charge on any atom is -0.479 e. The quantitative estimate of drug-likeness (QED) is 0.0442. The number of methoxy groups -OCH3 is 1. The lowest BCUT2D eigenvalue weighted by molar-refractivity contribution is -0.353. The minimum atomic E-state index is -4.94. The van der Waals surface area contributed by atoms with E-state index in [1.54, 1.807) is 0 Å². The standard InChI is InChI=1S/C23H40O20S3/c1-9-13(24)17(36-2)11(7-37-45(30,31)32)40-22(9)42-19-15(26)16(27)23(43-20(19)21(28)29)41-18-12(8-38-46(33,34)35)39-10(14(18)25)5-3-4-6-44/h9-20,22-27,44H,3-8H2,1-2H3,(H,28,29)(H,30,31,32)(H,33,34,35)/t9?,10-,11?,12+,13+,14+,15+,16?,17-,18?,19+,20?,22-,23+/m0/s1. The molecule has 3 saturated heterocycles. The van der Waals surface area contributed by atoms with Gasteiger partial charge in [-0.25, -0.2) is 13.2 Å². The number of carbonyl (C=O) groups is 1. The first-order valence-electron chi connectivity index (χ1n) is 14.0. The predicted molar refractivity (Wildman–Crippen MR) is 150 cm³/mol. The maximum atomic E-state index is 12.2. The van der Waals surface area contributed by atoms with Crippen molar-refractivity contribution < 1.29 is 93.1 Å². The van der Waals surface area contributed by atoms with Gasteiger partial charge in [0.1, 0.15) is 48.8 Å². The summed E-state index contributed by atoms with van der Waals surface area (Å²) in [6, 6.07) is 0. The van der Waals surface area contributed by atoms with Crippen LogP contribution in [0.25, 0.3) is 0 Å². The first-order valence-corrected chi connectivity index (χ1v) is 17.3. The third-order valence-electron chi connectivity index (χ3n) is 7.72. The average Bonchev–Trinajstić information content (AvgIpc) is 3.25. The SMILES string of the molecule is CO[C@H]1C(COS(=O)(=O)O)O[C@@H](O[C@H]2C(C(=O)O)O[C@@H](OC3[C@@H](COS(=O)(=O)O)O[C@@H](CCCCS)[C@H]3O)C(O)[C@H]2O)C(C)[C@H]1O. The van der Waals surface area contributed by atoms with Crippen LogP contribution in [0.3, 0.4) is 0 Å². The fourth-order valence-corrected chi connectivity index (χ4v) is 6.20. The number of rotatable bonds is 16. The Morgan fingerprint density at radius 1 is 0.739 bits per heavy atom. The molecule has 0 spiro atoms. The lowest BCUT2D eigenvalue weighted by Crippen LogP contribution is -2.64. The number of aliphatic hydroxyl groups is 4.